The van der Waals surface area contributed by atoms with Crippen LogP contribution in [0.1, 0.15) is 10.4 Å². The standard InChI is InChI=1S/C13H8BrClN4O2/c14-7-3-9-10(19-13(21)18-9)4-8(7)17-12(20)6-1-2-11(15)16-5-6/h1-5H,(H,17,20)(H2,18,19,21). The third-order valence-corrected chi connectivity index (χ3v) is 3.72. The SMILES string of the molecule is O=C(Nc1cc2[nH]c(=O)[nH]c2cc1Br)c1ccc(Cl)nc1. The number of hydrogen-bond acceptors (Lipinski definition) is 3. The summed E-state index contributed by atoms with van der Waals surface area (Å²) in [6.07, 6.45) is 1.39. The highest BCUT2D eigenvalue weighted by molar-refractivity contribution is 9.10. The summed E-state index contributed by atoms with van der Waals surface area (Å²) in [7, 11) is 0. The fraction of sp³-hybridized carbons (Fsp3) is 0. The molecule has 0 aliphatic heterocycles. The van der Waals surface area contributed by atoms with Gasteiger partial charge in [-0.1, -0.05) is 11.6 Å². The molecule has 0 fully saturated rings. The smallest absolute Gasteiger partial charge is 0.321 e. The zero-order valence-corrected chi connectivity index (χ0v) is 12.7. The first kappa shape index (κ1) is 13.8. The number of carbonyl (C=O) groups is 1. The summed E-state index contributed by atoms with van der Waals surface area (Å²) in [6.45, 7) is 0. The van der Waals surface area contributed by atoms with Gasteiger partial charge in [0.25, 0.3) is 5.91 Å². The second kappa shape index (κ2) is 5.34. The molecule has 3 rings (SSSR count). The average Bonchev–Trinajstić information content (AvgIpc) is 2.79. The summed E-state index contributed by atoms with van der Waals surface area (Å²) in [6, 6.07) is 6.50. The number of pyridine rings is 1. The van der Waals surface area contributed by atoms with Gasteiger partial charge in [0.15, 0.2) is 0 Å². The Bertz CT molecular complexity index is 885. The van der Waals surface area contributed by atoms with Crippen LogP contribution in [0, 0.1) is 0 Å². The molecule has 0 saturated heterocycles. The first-order valence-corrected chi connectivity index (χ1v) is 7.04. The molecule has 0 saturated carbocycles. The molecule has 0 aliphatic rings. The van der Waals surface area contributed by atoms with E-state index in [1.807, 2.05) is 0 Å². The van der Waals surface area contributed by atoms with E-state index in [4.69, 9.17) is 11.6 Å². The van der Waals surface area contributed by atoms with E-state index in [1.165, 1.54) is 6.20 Å². The minimum Gasteiger partial charge on any atom is -0.321 e. The topological polar surface area (TPSA) is 90.6 Å². The molecule has 2 heterocycles. The lowest BCUT2D eigenvalue weighted by molar-refractivity contribution is 0.102. The van der Waals surface area contributed by atoms with E-state index < -0.39 is 0 Å². The molecular weight excluding hydrogens is 360 g/mol. The van der Waals surface area contributed by atoms with Crippen LogP contribution in [0.25, 0.3) is 11.0 Å². The number of nitrogens with zero attached hydrogens (tertiary/aromatic N) is 1. The molecule has 0 unspecified atom stereocenters. The number of benzene rings is 1. The van der Waals surface area contributed by atoms with E-state index in [2.05, 4.69) is 36.2 Å². The molecular formula is C13H8BrClN4O2. The zero-order valence-electron chi connectivity index (χ0n) is 10.4. The number of aromatic nitrogens is 3. The number of halogens is 2. The Kier molecular flexibility index (Phi) is 3.52. The lowest BCUT2D eigenvalue weighted by atomic mass is 10.2. The van der Waals surface area contributed by atoms with Crippen molar-refractivity contribution in [2.24, 2.45) is 0 Å². The number of rotatable bonds is 2. The van der Waals surface area contributed by atoms with Crippen LogP contribution in [0.4, 0.5) is 5.69 Å². The summed E-state index contributed by atoms with van der Waals surface area (Å²) in [5.41, 5.74) is 1.87. The van der Waals surface area contributed by atoms with Crippen molar-refractivity contribution in [1.29, 1.82) is 0 Å². The van der Waals surface area contributed by atoms with E-state index >= 15 is 0 Å². The fourth-order valence-corrected chi connectivity index (χ4v) is 2.41. The molecule has 0 radical (unpaired) electrons. The Hall–Kier alpha value is -2.12. The van der Waals surface area contributed by atoms with Crippen LogP contribution in [0.3, 0.4) is 0 Å². The second-order valence-corrected chi connectivity index (χ2v) is 5.52. The van der Waals surface area contributed by atoms with Gasteiger partial charge in [-0.15, -0.1) is 0 Å². The number of carbonyl (C=O) groups excluding carboxylic acids is 1. The molecule has 106 valence electrons. The Morgan fingerprint density at radius 2 is 1.95 bits per heavy atom. The number of anilines is 1. The quantitative estimate of drug-likeness (QED) is 0.608. The Morgan fingerprint density at radius 3 is 2.62 bits per heavy atom. The fourth-order valence-electron chi connectivity index (χ4n) is 1.86. The van der Waals surface area contributed by atoms with E-state index in [-0.39, 0.29) is 11.6 Å². The normalized spacial score (nSPS) is 10.8. The zero-order chi connectivity index (χ0) is 15.0. The van der Waals surface area contributed by atoms with Crippen LogP contribution in [0.15, 0.2) is 39.7 Å². The molecule has 1 aromatic carbocycles. The molecule has 0 bridgehead atoms. The van der Waals surface area contributed by atoms with Crippen molar-refractivity contribution in [3.05, 3.63) is 56.1 Å². The van der Waals surface area contributed by atoms with Gasteiger partial charge in [-0.05, 0) is 40.2 Å². The number of nitrogens with one attached hydrogen (secondary N) is 3. The Morgan fingerprint density at radius 1 is 1.24 bits per heavy atom. The molecule has 0 atom stereocenters. The maximum atomic E-state index is 12.1. The molecule has 0 aliphatic carbocycles. The van der Waals surface area contributed by atoms with Crippen LogP contribution in [-0.4, -0.2) is 20.9 Å². The van der Waals surface area contributed by atoms with Crippen LogP contribution in [-0.2, 0) is 0 Å². The first-order chi connectivity index (χ1) is 10.0. The highest BCUT2D eigenvalue weighted by Crippen LogP contribution is 2.26. The van der Waals surface area contributed by atoms with E-state index in [0.29, 0.717) is 31.9 Å². The van der Waals surface area contributed by atoms with E-state index in [1.54, 1.807) is 24.3 Å². The molecule has 0 spiro atoms. The molecule has 21 heavy (non-hydrogen) atoms. The largest absolute Gasteiger partial charge is 0.323 e. The Labute approximate surface area is 131 Å². The third-order valence-electron chi connectivity index (χ3n) is 2.84. The molecule has 6 nitrogen and oxygen atoms in total. The highest BCUT2D eigenvalue weighted by atomic mass is 79.9. The van der Waals surface area contributed by atoms with Crippen LogP contribution in [0.2, 0.25) is 5.15 Å². The monoisotopic (exact) mass is 366 g/mol. The van der Waals surface area contributed by atoms with Crippen molar-refractivity contribution in [2.45, 2.75) is 0 Å². The van der Waals surface area contributed by atoms with Crippen molar-refractivity contribution >= 4 is 50.2 Å². The lowest BCUT2D eigenvalue weighted by Crippen LogP contribution is -2.12. The summed E-state index contributed by atoms with van der Waals surface area (Å²) in [4.78, 5) is 32.5. The number of imidazole rings is 1. The summed E-state index contributed by atoms with van der Waals surface area (Å²) in [5.74, 6) is -0.322. The van der Waals surface area contributed by atoms with Gasteiger partial charge in [0.05, 0.1) is 22.3 Å². The van der Waals surface area contributed by atoms with Gasteiger partial charge in [-0.2, -0.15) is 0 Å². The molecule has 3 aromatic rings. The van der Waals surface area contributed by atoms with Crippen LogP contribution < -0.4 is 11.0 Å². The molecule has 3 N–H and O–H groups in total. The number of hydrogen-bond donors (Lipinski definition) is 3. The third kappa shape index (κ3) is 2.84. The number of amides is 1. The van der Waals surface area contributed by atoms with Gasteiger partial charge < -0.3 is 15.3 Å². The predicted molar refractivity (Wildman–Crippen MR) is 83.8 cm³/mol. The van der Waals surface area contributed by atoms with Crippen molar-refractivity contribution < 1.29 is 4.79 Å². The van der Waals surface area contributed by atoms with Crippen molar-refractivity contribution in [3.8, 4) is 0 Å². The van der Waals surface area contributed by atoms with E-state index in [0.717, 1.165) is 0 Å². The highest BCUT2D eigenvalue weighted by Gasteiger charge is 2.11. The van der Waals surface area contributed by atoms with Gasteiger partial charge in [-0.3, -0.25) is 4.79 Å². The van der Waals surface area contributed by atoms with Crippen molar-refractivity contribution in [1.82, 2.24) is 15.0 Å². The Balaban J connectivity index is 1.93. The number of aromatic amines is 2. The molecule has 8 heteroatoms. The maximum Gasteiger partial charge on any atom is 0.323 e. The second-order valence-electron chi connectivity index (χ2n) is 4.28. The van der Waals surface area contributed by atoms with Crippen LogP contribution in [0.5, 0.6) is 0 Å². The van der Waals surface area contributed by atoms with Gasteiger partial charge in [0.1, 0.15) is 5.15 Å². The predicted octanol–water partition coefficient (Wildman–Crippen LogP) is 2.92. The minimum absolute atomic E-state index is 0.303. The van der Waals surface area contributed by atoms with E-state index in [9.17, 15) is 9.59 Å². The number of fused-ring (bicyclic) bond motifs is 1. The van der Waals surface area contributed by atoms with Gasteiger partial charge in [-0.25, -0.2) is 9.78 Å². The maximum absolute atomic E-state index is 12.1. The van der Waals surface area contributed by atoms with Crippen LogP contribution >= 0.6 is 27.5 Å². The lowest BCUT2D eigenvalue weighted by Gasteiger charge is -2.07. The van der Waals surface area contributed by atoms with Gasteiger partial charge in [0, 0.05) is 10.7 Å². The first-order valence-electron chi connectivity index (χ1n) is 5.87. The summed E-state index contributed by atoms with van der Waals surface area (Å²) < 4.78 is 0.653. The minimum atomic E-state index is -0.322. The molecule has 2 aromatic heterocycles. The molecule has 1 amide bonds. The van der Waals surface area contributed by atoms with Gasteiger partial charge in [0.2, 0.25) is 0 Å². The summed E-state index contributed by atoms with van der Waals surface area (Å²) >= 11 is 9.03. The van der Waals surface area contributed by atoms with Crippen molar-refractivity contribution in [3.63, 3.8) is 0 Å². The summed E-state index contributed by atoms with van der Waals surface area (Å²) in [5, 5.41) is 3.06. The number of H-pyrrole nitrogens is 2. The average molecular weight is 368 g/mol. The van der Waals surface area contributed by atoms with Crippen molar-refractivity contribution in [2.75, 3.05) is 5.32 Å². The van der Waals surface area contributed by atoms with Gasteiger partial charge >= 0.3 is 5.69 Å².